The lowest BCUT2D eigenvalue weighted by atomic mass is 10.0. The van der Waals surface area contributed by atoms with E-state index in [1.165, 1.54) is 0 Å². The number of rotatable bonds is 4. The zero-order valence-corrected chi connectivity index (χ0v) is 8.48. The number of halogens is 5. The first-order valence-electron chi connectivity index (χ1n) is 4.72. The van der Waals surface area contributed by atoms with E-state index in [1.54, 1.807) is 0 Å². The molecule has 17 heavy (non-hydrogen) atoms. The van der Waals surface area contributed by atoms with E-state index in [1.807, 2.05) is 0 Å². The Morgan fingerprint density at radius 2 is 1.24 bits per heavy atom. The highest BCUT2D eigenvalue weighted by atomic mass is 19.2. The van der Waals surface area contributed by atoms with Gasteiger partial charge in [-0.2, -0.15) is 0 Å². The summed E-state index contributed by atoms with van der Waals surface area (Å²) in [5, 5.41) is 17.8. The topological polar surface area (TPSA) is 40.5 Å². The zero-order valence-electron chi connectivity index (χ0n) is 8.48. The molecule has 0 radical (unpaired) electrons. The van der Waals surface area contributed by atoms with Gasteiger partial charge in [-0.1, -0.05) is 0 Å². The maximum atomic E-state index is 13.1. The van der Waals surface area contributed by atoms with E-state index < -0.39 is 40.8 Å². The summed E-state index contributed by atoms with van der Waals surface area (Å²) in [6.07, 6.45) is -2.19. The molecule has 7 heteroatoms. The minimum Gasteiger partial charge on any atom is -0.396 e. The first kappa shape index (κ1) is 13.9. The van der Waals surface area contributed by atoms with Crippen molar-refractivity contribution in [2.45, 2.75) is 18.9 Å². The third kappa shape index (κ3) is 2.55. The van der Waals surface area contributed by atoms with E-state index in [0.29, 0.717) is 0 Å². The predicted molar refractivity (Wildman–Crippen MR) is 47.5 cm³/mol. The van der Waals surface area contributed by atoms with Gasteiger partial charge in [-0.25, -0.2) is 22.0 Å². The van der Waals surface area contributed by atoms with Crippen LogP contribution in [0, 0.1) is 29.1 Å². The number of aliphatic hydroxyl groups excluding tert-OH is 2. The van der Waals surface area contributed by atoms with Gasteiger partial charge in [-0.15, -0.1) is 0 Å². The summed E-state index contributed by atoms with van der Waals surface area (Å²) in [5.74, 6) is -10.6. The van der Waals surface area contributed by atoms with Crippen LogP contribution in [0.1, 0.15) is 24.5 Å². The van der Waals surface area contributed by atoms with E-state index in [0.717, 1.165) is 0 Å². The van der Waals surface area contributed by atoms with Crippen molar-refractivity contribution in [2.75, 3.05) is 6.61 Å². The van der Waals surface area contributed by atoms with Crippen LogP contribution in [0.3, 0.4) is 0 Å². The Kier molecular flexibility index (Phi) is 4.41. The molecule has 1 atom stereocenters. The maximum Gasteiger partial charge on any atom is 0.200 e. The second-order valence-electron chi connectivity index (χ2n) is 3.37. The van der Waals surface area contributed by atoms with E-state index in [4.69, 9.17) is 5.11 Å². The quantitative estimate of drug-likeness (QED) is 0.492. The first-order chi connectivity index (χ1) is 7.91. The Morgan fingerprint density at radius 1 is 0.824 bits per heavy atom. The van der Waals surface area contributed by atoms with Gasteiger partial charge in [0.15, 0.2) is 23.3 Å². The fourth-order valence-corrected chi connectivity index (χ4v) is 1.34. The molecule has 1 rings (SSSR count). The third-order valence-corrected chi connectivity index (χ3v) is 2.21. The summed E-state index contributed by atoms with van der Waals surface area (Å²) in [4.78, 5) is 0. The molecule has 0 aliphatic rings. The number of hydrogen-bond acceptors (Lipinski definition) is 2. The van der Waals surface area contributed by atoms with Crippen LogP contribution in [0.2, 0.25) is 0 Å². The van der Waals surface area contributed by atoms with Gasteiger partial charge in [-0.05, 0) is 12.8 Å². The number of hydrogen-bond donors (Lipinski definition) is 2. The molecule has 0 bridgehead atoms. The van der Waals surface area contributed by atoms with Crippen LogP contribution in [0.4, 0.5) is 22.0 Å². The lowest BCUT2D eigenvalue weighted by Gasteiger charge is -2.13. The summed E-state index contributed by atoms with van der Waals surface area (Å²) in [6.45, 7) is -0.369. The molecule has 2 N–H and O–H groups in total. The largest absolute Gasteiger partial charge is 0.396 e. The highest BCUT2D eigenvalue weighted by Gasteiger charge is 2.29. The normalized spacial score (nSPS) is 12.9. The van der Waals surface area contributed by atoms with Crippen molar-refractivity contribution in [3.8, 4) is 0 Å². The molecule has 0 spiro atoms. The average Bonchev–Trinajstić information content (AvgIpc) is 2.31. The van der Waals surface area contributed by atoms with Crippen LogP contribution in [0.15, 0.2) is 0 Å². The fourth-order valence-electron chi connectivity index (χ4n) is 1.34. The van der Waals surface area contributed by atoms with Crippen molar-refractivity contribution in [1.29, 1.82) is 0 Å². The average molecular weight is 256 g/mol. The Balaban J connectivity index is 3.24. The van der Waals surface area contributed by atoms with Crippen LogP contribution in [-0.4, -0.2) is 16.8 Å². The van der Waals surface area contributed by atoms with E-state index in [9.17, 15) is 27.1 Å². The monoisotopic (exact) mass is 256 g/mol. The Hall–Kier alpha value is -1.21. The van der Waals surface area contributed by atoms with Crippen molar-refractivity contribution < 1.29 is 32.2 Å². The van der Waals surface area contributed by atoms with Crippen LogP contribution >= 0.6 is 0 Å². The van der Waals surface area contributed by atoms with Gasteiger partial charge >= 0.3 is 0 Å². The molecule has 0 unspecified atom stereocenters. The SMILES string of the molecule is OCCC[C@@H](O)c1c(F)c(F)c(F)c(F)c1F. The van der Waals surface area contributed by atoms with Crippen molar-refractivity contribution in [3.63, 3.8) is 0 Å². The standard InChI is InChI=1S/C10H9F5O2/c11-6-5(4(17)2-1-3-16)7(12)9(14)10(15)8(6)13/h4,16-17H,1-3H2/t4-/m1/s1. The molecule has 0 saturated heterocycles. The van der Waals surface area contributed by atoms with Crippen molar-refractivity contribution in [3.05, 3.63) is 34.6 Å². The van der Waals surface area contributed by atoms with Gasteiger partial charge in [0.2, 0.25) is 5.82 Å². The summed E-state index contributed by atoms with van der Waals surface area (Å²) in [6, 6.07) is 0. The second kappa shape index (κ2) is 5.42. The predicted octanol–water partition coefficient (Wildman–Crippen LogP) is 2.19. The van der Waals surface area contributed by atoms with Crippen molar-refractivity contribution in [2.24, 2.45) is 0 Å². The van der Waals surface area contributed by atoms with Gasteiger partial charge in [0.25, 0.3) is 0 Å². The van der Waals surface area contributed by atoms with Crippen LogP contribution in [-0.2, 0) is 0 Å². The van der Waals surface area contributed by atoms with Crippen LogP contribution in [0.5, 0.6) is 0 Å². The minimum atomic E-state index is -2.27. The van der Waals surface area contributed by atoms with E-state index in [-0.39, 0.29) is 19.4 Å². The molecule has 96 valence electrons. The molecule has 0 aliphatic carbocycles. The van der Waals surface area contributed by atoms with Gasteiger partial charge < -0.3 is 10.2 Å². The van der Waals surface area contributed by atoms with Gasteiger partial charge in [0, 0.05) is 6.61 Å². The Morgan fingerprint density at radius 3 is 1.65 bits per heavy atom. The summed E-state index contributed by atoms with van der Waals surface area (Å²) >= 11 is 0. The highest BCUT2D eigenvalue weighted by Crippen LogP contribution is 2.29. The van der Waals surface area contributed by atoms with Gasteiger partial charge in [0.1, 0.15) is 0 Å². The first-order valence-corrected chi connectivity index (χ1v) is 4.72. The number of aliphatic hydroxyl groups is 2. The molecule has 2 nitrogen and oxygen atoms in total. The Labute approximate surface area is 93.3 Å². The summed E-state index contributed by atoms with van der Waals surface area (Å²) in [7, 11) is 0. The molecule has 0 aromatic heterocycles. The van der Waals surface area contributed by atoms with Gasteiger partial charge in [0.05, 0.1) is 11.7 Å². The molecule has 1 aromatic rings. The van der Waals surface area contributed by atoms with Crippen LogP contribution in [0.25, 0.3) is 0 Å². The third-order valence-electron chi connectivity index (χ3n) is 2.21. The molecule has 0 aliphatic heterocycles. The second-order valence-corrected chi connectivity index (χ2v) is 3.37. The summed E-state index contributed by atoms with van der Waals surface area (Å²) in [5.41, 5.74) is -1.27. The lowest BCUT2D eigenvalue weighted by molar-refractivity contribution is 0.140. The lowest BCUT2D eigenvalue weighted by Crippen LogP contribution is -2.11. The minimum absolute atomic E-state index is 0.0271. The summed E-state index contributed by atoms with van der Waals surface area (Å²) < 4.78 is 64.5. The van der Waals surface area contributed by atoms with Crippen molar-refractivity contribution >= 4 is 0 Å². The number of benzene rings is 1. The van der Waals surface area contributed by atoms with E-state index in [2.05, 4.69) is 0 Å². The molecule has 0 fully saturated rings. The maximum absolute atomic E-state index is 13.1. The zero-order chi connectivity index (χ0) is 13.2. The molecular formula is C10H9F5O2. The molecule has 0 heterocycles. The van der Waals surface area contributed by atoms with E-state index >= 15 is 0 Å². The fraction of sp³-hybridized carbons (Fsp3) is 0.400. The Bertz CT molecular complexity index is 393. The van der Waals surface area contributed by atoms with Gasteiger partial charge in [-0.3, -0.25) is 0 Å². The molecule has 1 aromatic carbocycles. The molecular weight excluding hydrogens is 247 g/mol. The van der Waals surface area contributed by atoms with Crippen LogP contribution < -0.4 is 0 Å². The smallest absolute Gasteiger partial charge is 0.200 e. The molecule has 0 saturated carbocycles. The highest BCUT2D eigenvalue weighted by molar-refractivity contribution is 5.25. The van der Waals surface area contributed by atoms with Crippen molar-refractivity contribution in [1.82, 2.24) is 0 Å². The molecule has 0 amide bonds.